The van der Waals surface area contributed by atoms with E-state index in [1.165, 1.54) is 0 Å². The maximum atomic E-state index is 12.0. The number of nitrogens with one attached hydrogen (secondary N) is 1. The molecule has 3 rings (SSSR count). The average molecular weight is 308 g/mol. The highest BCUT2D eigenvalue weighted by Crippen LogP contribution is 2.25. The molecule has 0 spiro atoms. The van der Waals surface area contributed by atoms with Crippen LogP contribution in [-0.4, -0.2) is 10.9 Å². The summed E-state index contributed by atoms with van der Waals surface area (Å²) >= 11 is 0. The Labute approximate surface area is 135 Å². The number of hydrogen-bond acceptors (Lipinski definition) is 3. The van der Waals surface area contributed by atoms with Gasteiger partial charge >= 0.3 is 0 Å². The molecular weight excluding hydrogens is 288 g/mol. The molecule has 3 aromatic rings. The predicted octanol–water partition coefficient (Wildman–Crippen LogP) is 4.87. The summed E-state index contributed by atoms with van der Waals surface area (Å²) in [6.07, 6.45) is 1.90. The molecule has 0 bridgehead atoms. The van der Waals surface area contributed by atoms with Crippen LogP contribution in [0.1, 0.15) is 26.7 Å². The van der Waals surface area contributed by atoms with Crippen LogP contribution in [0.3, 0.4) is 0 Å². The topological polar surface area (TPSA) is 55.1 Å². The fourth-order valence-electron chi connectivity index (χ4n) is 2.52. The minimum absolute atomic E-state index is 0.0247. The highest BCUT2D eigenvalue weighted by molar-refractivity contribution is 5.92. The summed E-state index contributed by atoms with van der Waals surface area (Å²) in [4.78, 5) is 16.5. The fraction of sp³-hybridized carbons (Fsp3) is 0.263. The highest BCUT2D eigenvalue weighted by atomic mass is 16.3. The van der Waals surface area contributed by atoms with Crippen LogP contribution >= 0.6 is 0 Å². The van der Waals surface area contributed by atoms with Gasteiger partial charge in [0.25, 0.3) is 0 Å². The molecule has 23 heavy (non-hydrogen) atoms. The van der Waals surface area contributed by atoms with Crippen LogP contribution in [0.2, 0.25) is 0 Å². The van der Waals surface area contributed by atoms with Crippen molar-refractivity contribution in [3.8, 4) is 11.5 Å². The molecule has 0 fully saturated rings. The van der Waals surface area contributed by atoms with Crippen LogP contribution in [0.25, 0.3) is 22.6 Å². The Balaban J connectivity index is 1.75. The fourth-order valence-corrected chi connectivity index (χ4v) is 2.52. The largest absolute Gasteiger partial charge is 0.436 e. The number of amides is 1. The quantitative estimate of drug-likeness (QED) is 0.731. The number of carbonyl (C=O) groups excluding carboxylic acids is 1. The molecule has 0 unspecified atom stereocenters. The third-order valence-corrected chi connectivity index (χ3v) is 3.86. The zero-order valence-corrected chi connectivity index (χ0v) is 13.4. The molecule has 4 heteroatoms. The third kappa shape index (κ3) is 3.42. The first-order valence-corrected chi connectivity index (χ1v) is 7.94. The molecule has 2 aromatic carbocycles. The molecule has 0 aliphatic carbocycles. The van der Waals surface area contributed by atoms with Crippen molar-refractivity contribution in [2.24, 2.45) is 5.92 Å². The van der Waals surface area contributed by atoms with Crippen LogP contribution in [0, 0.1) is 5.92 Å². The highest BCUT2D eigenvalue weighted by Gasteiger charge is 2.12. The van der Waals surface area contributed by atoms with Gasteiger partial charge in [0.15, 0.2) is 5.58 Å². The number of nitrogens with zero attached hydrogens (tertiary/aromatic N) is 1. The smallest absolute Gasteiger partial charge is 0.227 e. The lowest BCUT2D eigenvalue weighted by Crippen LogP contribution is -2.20. The van der Waals surface area contributed by atoms with Crippen molar-refractivity contribution < 1.29 is 9.21 Å². The number of carbonyl (C=O) groups is 1. The number of hydrogen-bond donors (Lipinski definition) is 1. The second-order valence-corrected chi connectivity index (χ2v) is 5.74. The first-order valence-electron chi connectivity index (χ1n) is 7.94. The molecule has 1 N–H and O–H groups in total. The number of rotatable bonds is 5. The van der Waals surface area contributed by atoms with Gasteiger partial charge in [-0.25, -0.2) is 4.98 Å². The van der Waals surface area contributed by atoms with Crippen molar-refractivity contribution in [3.63, 3.8) is 0 Å². The summed E-state index contributed by atoms with van der Waals surface area (Å²) < 4.78 is 5.75. The zero-order chi connectivity index (χ0) is 16.2. The summed E-state index contributed by atoms with van der Waals surface area (Å²) in [6.45, 7) is 4.03. The Bertz CT molecular complexity index is 773. The number of benzene rings is 2. The predicted molar refractivity (Wildman–Crippen MR) is 92.1 cm³/mol. The second kappa shape index (κ2) is 6.65. The molecule has 0 radical (unpaired) electrons. The number of oxazole rings is 1. The van der Waals surface area contributed by atoms with E-state index in [9.17, 15) is 4.79 Å². The van der Waals surface area contributed by atoms with E-state index in [1.807, 2.05) is 55.5 Å². The van der Waals surface area contributed by atoms with Gasteiger partial charge in [-0.05, 0) is 42.8 Å². The van der Waals surface area contributed by atoms with Crippen molar-refractivity contribution >= 4 is 22.7 Å². The van der Waals surface area contributed by atoms with Crippen LogP contribution in [0.15, 0.2) is 52.9 Å². The van der Waals surface area contributed by atoms with Crippen LogP contribution in [0.4, 0.5) is 5.69 Å². The van der Waals surface area contributed by atoms with Crippen molar-refractivity contribution in [3.05, 3.63) is 48.5 Å². The summed E-state index contributed by atoms with van der Waals surface area (Å²) in [5, 5.41) is 2.94. The molecule has 0 saturated heterocycles. The van der Waals surface area contributed by atoms with Gasteiger partial charge < -0.3 is 9.73 Å². The lowest BCUT2D eigenvalue weighted by atomic mass is 10.1. The van der Waals surface area contributed by atoms with E-state index in [-0.39, 0.29) is 11.8 Å². The minimum atomic E-state index is 0.0247. The average Bonchev–Trinajstić information content (AvgIpc) is 2.99. The molecule has 1 aromatic heterocycles. The normalized spacial score (nSPS) is 12.3. The van der Waals surface area contributed by atoms with Crippen LogP contribution in [-0.2, 0) is 4.79 Å². The van der Waals surface area contributed by atoms with E-state index in [0.29, 0.717) is 5.89 Å². The maximum absolute atomic E-state index is 12.0. The lowest BCUT2D eigenvalue weighted by molar-refractivity contribution is -0.119. The Kier molecular flexibility index (Phi) is 4.42. The molecule has 1 amide bonds. The standard InChI is InChI=1S/C19H20N2O2/c1-3-6-13(2)18(22)20-15-11-9-14(10-12-15)19-21-16-7-4-5-8-17(16)23-19/h4-5,7-13H,3,6H2,1-2H3,(H,20,22)/t13-/m0/s1. The summed E-state index contributed by atoms with van der Waals surface area (Å²) in [5.74, 6) is 0.668. The van der Waals surface area contributed by atoms with E-state index in [2.05, 4.69) is 17.2 Å². The van der Waals surface area contributed by atoms with Crippen molar-refractivity contribution in [2.45, 2.75) is 26.7 Å². The first kappa shape index (κ1) is 15.3. The Morgan fingerprint density at radius 1 is 1.17 bits per heavy atom. The zero-order valence-electron chi connectivity index (χ0n) is 13.4. The second-order valence-electron chi connectivity index (χ2n) is 5.74. The van der Waals surface area contributed by atoms with Crippen LogP contribution in [0.5, 0.6) is 0 Å². The third-order valence-electron chi connectivity index (χ3n) is 3.86. The van der Waals surface area contributed by atoms with Crippen molar-refractivity contribution in [2.75, 3.05) is 5.32 Å². The summed E-state index contributed by atoms with van der Waals surface area (Å²) in [5.41, 5.74) is 3.29. The Morgan fingerprint density at radius 2 is 1.91 bits per heavy atom. The van der Waals surface area contributed by atoms with Gasteiger partial charge in [-0.1, -0.05) is 32.4 Å². The number of aromatic nitrogens is 1. The van der Waals surface area contributed by atoms with Gasteiger partial charge in [-0.15, -0.1) is 0 Å². The van der Waals surface area contributed by atoms with E-state index in [4.69, 9.17) is 4.42 Å². The van der Waals surface area contributed by atoms with E-state index in [1.54, 1.807) is 0 Å². The number of anilines is 1. The van der Waals surface area contributed by atoms with E-state index >= 15 is 0 Å². The molecule has 0 aliphatic heterocycles. The van der Waals surface area contributed by atoms with E-state index < -0.39 is 0 Å². The first-order chi connectivity index (χ1) is 11.2. The number of para-hydroxylation sites is 2. The lowest BCUT2D eigenvalue weighted by Gasteiger charge is -2.11. The molecule has 0 aliphatic rings. The van der Waals surface area contributed by atoms with E-state index in [0.717, 1.165) is 35.2 Å². The van der Waals surface area contributed by atoms with Gasteiger partial charge in [-0.2, -0.15) is 0 Å². The van der Waals surface area contributed by atoms with Gasteiger partial charge in [0.05, 0.1) is 0 Å². The molecule has 1 atom stereocenters. The molecular formula is C19H20N2O2. The monoisotopic (exact) mass is 308 g/mol. The Hall–Kier alpha value is -2.62. The molecule has 4 nitrogen and oxygen atoms in total. The van der Waals surface area contributed by atoms with Gasteiger partial charge in [0.1, 0.15) is 5.52 Å². The SMILES string of the molecule is CCC[C@H](C)C(=O)Nc1ccc(-c2nc3ccccc3o2)cc1. The van der Waals surface area contributed by atoms with Gasteiger partial charge in [0.2, 0.25) is 11.8 Å². The van der Waals surface area contributed by atoms with Crippen LogP contribution < -0.4 is 5.32 Å². The molecule has 118 valence electrons. The van der Waals surface area contributed by atoms with Crippen molar-refractivity contribution in [1.82, 2.24) is 4.98 Å². The summed E-state index contributed by atoms with van der Waals surface area (Å²) in [7, 11) is 0. The van der Waals surface area contributed by atoms with Gasteiger partial charge in [0, 0.05) is 17.2 Å². The minimum Gasteiger partial charge on any atom is -0.436 e. The van der Waals surface area contributed by atoms with Crippen molar-refractivity contribution in [1.29, 1.82) is 0 Å². The Morgan fingerprint density at radius 3 is 2.61 bits per heavy atom. The van der Waals surface area contributed by atoms with Gasteiger partial charge in [-0.3, -0.25) is 4.79 Å². The maximum Gasteiger partial charge on any atom is 0.227 e. The molecule has 0 saturated carbocycles. The molecule has 1 heterocycles. The summed E-state index contributed by atoms with van der Waals surface area (Å²) in [6, 6.07) is 15.2. The number of fused-ring (bicyclic) bond motifs is 1.